The van der Waals surface area contributed by atoms with Gasteiger partial charge in [-0.05, 0) is 42.7 Å². The van der Waals surface area contributed by atoms with E-state index in [-0.39, 0.29) is 0 Å². The van der Waals surface area contributed by atoms with Crippen LogP contribution in [0.1, 0.15) is 22.3 Å². The molecular formula is C16H18ClNO. The van der Waals surface area contributed by atoms with Gasteiger partial charge in [-0.3, -0.25) is 0 Å². The van der Waals surface area contributed by atoms with Crippen LogP contribution in [0, 0.1) is 13.8 Å². The molecule has 0 spiro atoms. The first-order valence-electron chi connectivity index (χ1n) is 6.27. The van der Waals surface area contributed by atoms with Gasteiger partial charge in [0, 0.05) is 6.54 Å². The van der Waals surface area contributed by atoms with Crippen LogP contribution in [0.4, 0.5) is 0 Å². The first-order valence-corrected chi connectivity index (χ1v) is 6.65. The van der Waals surface area contributed by atoms with Gasteiger partial charge >= 0.3 is 0 Å². The van der Waals surface area contributed by atoms with Crippen LogP contribution in [0.3, 0.4) is 0 Å². The Balaban J connectivity index is 2.12. The van der Waals surface area contributed by atoms with Crippen LogP contribution in [0.15, 0.2) is 36.4 Å². The minimum Gasteiger partial charge on any atom is -0.487 e. The maximum Gasteiger partial charge on any atom is 0.138 e. The summed E-state index contributed by atoms with van der Waals surface area (Å²) in [6, 6.07) is 12.0. The molecule has 2 N–H and O–H groups in total. The van der Waals surface area contributed by atoms with Crippen molar-refractivity contribution in [2.24, 2.45) is 5.73 Å². The lowest BCUT2D eigenvalue weighted by Gasteiger charge is -2.11. The molecule has 0 heterocycles. The minimum absolute atomic E-state index is 0.483. The van der Waals surface area contributed by atoms with Gasteiger partial charge in [0.05, 0.1) is 5.02 Å². The van der Waals surface area contributed by atoms with E-state index in [4.69, 9.17) is 22.1 Å². The molecule has 0 saturated heterocycles. The summed E-state index contributed by atoms with van der Waals surface area (Å²) in [5.74, 6) is 0.694. The molecule has 0 aliphatic rings. The van der Waals surface area contributed by atoms with Crippen molar-refractivity contribution in [3.63, 3.8) is 0 Å². The lowest BCUT2D eigenvalue weighted by Crippen LogP contribution is -2.00. The molecule has 0 bridgehead atoms. The van der Waals surface area contributed by atoms with Gasteiger partial charge in [0.25, 0.3) is 0 Å². The Kier molecular flexibility index (Phi) is 4.46. The van der Waals surface area contributed by atoms with Crippen LogP contribution in [-0.2, 0) is 13.2 Å². The second kappa shape index (κ2) is 6.09. The Morgan fingerprint density at radius 1 is 1.11 bits per heavy atom. The highest BCUT2D eigenvalue weighted by molar-refractivity contribution is 6.32. The highest BCUT2D eigenvalue weighted by Gasteiger charge is 2.05. The van der Waals surface area contributed by atoms with Gasteiger partial charge in [-0.15, -0.1) is 0 Å². The highest BCUT2D eigenvalue weighted by Crippen LogP contribution is 2.26. The Morgan fingerprint density at radius 3 is 2.58 bits per heavy atom. The molecule has 0 aliphatic heterocycles. The quantitative estimate of drug-likeness (QED) is 0.915. The first kappa shape index (κ1) is 13.9. The van der Waals surface area contributed by atoms with Gasteiger partial charge in [-0.1, -0.05) is 41.4 Å². The van der Waals surface area contributed by atoms with Crippen molar-refractivity contribution in [2.75, 3.05) is 0 Å². The third-order valence-electron chi connectivity index (χ3n) is 3.12. The summed E-state index contributed by atoms with van der Waals surface area (Å²) in [4.78, 5) is 0. The van der Waals surface area contributed by atoms with Crippen LogP contribution < -0.4 is 10.5 Å². The maximum atomic E-state index is 6.16. The van der Waals surface area contributed by atoms with Crippen molar-refractivity contribution >= 4 is 11.6 Å². The Labute approximate surface area is 119 Å². The molecule has 0 fully saturated rings. The Morgan fingerprint density at radius 2 is 1.89 bits per heavy atom. The number of hydrogen-bond acceptors (Lipinski definition) is 2. The summed E-state index contributed by atoms with van der Waals surface area (Å²) in [7, 11) is 0. The molecule has 0 atom stereocenters. The van der Waals surface area contributed by atoms with Crippen molar-refractivity contribution in [1.29, 1.82) is 0 Å². The van der Waals surface area contributed by atoms with Gasteiger partial charge in [0.1, 0.15) is 12.4 Å². The average Bonchev–Trinajstić information content (AvgIpc) is 2.40. The molecule has 0 amide bonds. The summed E-state index contributed by atoms with van der Waals surface area (Å²) in [5.41, 5.74) is 10.2. The number of benzene rings is 2. The van der Waals surface area contributed by atoms with E-state index in [0.717, 1.165) is 5.56 Å². The summed E-state index contributed by atoms with van der Waals surface area (Å²) < 4.78 is 5.79. The van der Waals surface area contributed by atoms with E-state index in [0.29, 0.717) is 23.9 Å². The minimum atomic E-state index is 0.483. The first-order chi connectivity index (χ1) is 9.10. The van der Waals surface area contributed by atoms with Gasteiger partial charge < -0.3 is 10.5 Å². The number of rotatable bonds is 4. The van der Waals surface area contributed by atoms with E-state index in [2.05, 4.69) is 32.0 Å². The zero-order valence-electron chi connectivity index (χ0n) is 11.2. The Hall–Kier alpha value is -1.51. The summed E-state index contributed by atoms with van der Waals surface area (Å²) in [5, 5.41) is 0.605. The van der Waals surface area contributed by atoms with Crippen LogP contribution >= 0.6 is 11.6 Å². The molecule has 2 nitrogen and oxygen atoms in total. The van der Waals surface area contributed by atoms with E-state index in [1.165, 1.54) is 16.7 Å². The van der Waals surface area contributed by atoms with Gasteiger partial charge in [-0.2, -0.15) is 0 Å². The smallest absolute Gasteiger partial charge is 0.138 e. The molecule has 2 aromatic rings. The topological polar surface area (TPSA) is 35.2 Å². The third-order valence-corrected chi connectivity index (χ3v) is 3.42. The number of ether oxygens (including phenoxy) is 1. The second-order valence-electron chi connectivity index (χ2n) is 4.69. The molecular weight excluding hydrogens is 258 g/mol. The van der Waals surface area contributed by atoms with Crippen molar-refractivity contribution in [3.05, 3.63) is 63.7 Å². The highest BCUT2D eigenvalue weighted by atomic mass is 35.5. The number of nitrogens with two attached hydrogens (primary N) is 1. The van der Waals surface area contributed by atoms with E-state index in [1.54, 1.807) is 0 Å². The normalized spacial score (nSPS) is 10.5. The third kappa shape index (κ3) is 3.49. The summed E-state index contributed by atoms with van der Waals surface area (Å²) in [6.07, 6.45) is 0. The molecule has 2 aromatic carbocycles. The van der Waals surface area contributed by atoms with E-state index in [1.807, 2.05) is 18.2 Å². The fourth-order valence-corrected chi connectivity index (χ4v) is 2.16. The molecule has 19 heavy (non-hydrogen) atoms. The lowest BCUT2D eigenvalue weighted by atomic mass is 10.1. The summed E-state index contributed by atoms with van der Waals surface area (Å²) >= 11 is 6.16. The predicted octanol–water partition coefficient (Wildman–Crippen LogP) is 3.99. The maximum absolute atomic E-state index is 6.16. The fourth-order valence-electron chi connectivity index (χ4n) is 1.90. The summed E-state index contributed by atoms with van der Waals surface area (Å²) in [6.45, 7) is 5.16. The molecule has 3 heteroatoms. The SMILES string of the molecule is Cc1ccc(C)c(COc2ccc(CN)cc2Cl)c1. The zero-order valence-corrected chi connectivity index (χ0v) is 12.0. The average molecular weight is 276 g/mol. The van der Waals surface area contributed by atoms with Gasteiger partial charge in [0.2, 0.25) is 0 Å². The molecule has 2 rings (SSSR count). The van der Waals surface area contributed by atoms with Crippen molar-refractivity contribution < 1.29 is 4.74 Å². The largest absolute Gasteiger partial charge is 0.487 e. The van der Waals surface area contributed by atoms with Crippen LogP contribution in [0.2, 0.25) is 5.02 Å². The van der Waals surface area contributed by atoms with E-state index in [9.17, 15) is 0 Å². The molecule has 0 aliphatic carbocycles. The van der Waals surface area contributed by atoms with Crippen LogP contribution in [0.5, 0.6) is 5.75 Å². The molecule has 0 saturated carbocycles. The number of hydrogen-bond donors (Lipinski definition) is 1. The molecule has 100 valence electrons. The van der Waals surface area contributed by atoms with Gasteiger partial charge in [0.15, 0.2) is 0 Å². The molecule has 0 aromatic heterocycles. The molecule has 0 radical (unpaired) electrons. The second-order valence-corrected chi connectivity index (χ2v) is 5.09. The van der Waals surface area contributed by atoms with Crippen LogP contribution in [0.25, 0.3) is 0 Å². The Bertz CT molecular complexity index is 581. The lowest BCUT2D eigenvalue weighted by molar-refractivity contribution is 0.305. The van der Waals surface area contributed by atoms with Crippen molar-refractivity contribution in [3.8, 4) is 5.75 Å². The van der Waals surface area contributed by atoms with Gasteiger partial charge in [-0.25, -0.2) is 0 Å². The van der Waals surface area contributed by atoms with E-state index < -0.39 is 0 Å². The van der Waals surface area contributed by atoms with Crippen molar-refractivity contribution in [2.45, 2.75) is 27.0 Å². The van der Waals surface area contributed by atoms with Crippen molar-refractivity contribution in [1.82, 2.24) is 0 Å². The predicted molar refractivity (Wildman–Crippen MR) is 79.6 cm³/mol. The van der Waals surface area contributed by atoms with E-state index >= 15 is 0 Å². The monoisotopic (exact) mass is 275 g/mol. The standard InChI is InChI=1S/C16H18ClNO/c1-11-3-4-12(2)14(7-11)10-19-16-6-5-13(9-18)8-15(16)17/h3-8H,9-10,18H2,1-2H3. The molecule has 0 unspecified atom stereocenters. The fraction of sp³-hybridized carbons (Fsp3) is 0.250. The number of aryl methyl sites for hydroxylation is 2. The number of halogens is 1. The zero-order chi connectivity index (χ0) is 13.8. The van der Waals surface area contributed by atoms with Crippen LogP contribution in [-0.4, -0.2) is 0 Å².